The molecule has 0 aliphatic carbocycles. The molecule has 98 valence electrons. The number of nitrogens with zero attached hydrogens (tertiary/aromatic N) is 4. The first-order valence-corrected chi connectivity index (χ1v) is 6.52. The fourth-order valence-electron chi connectivity index (χ4n) is 1.90. The van der Waals surface area contributed by atoms with Gasteiger partial charge < -0.3 is 5.32 Å². The van der Waals surface area contributed by atoms with E-state index in [1.165, 1.54) is 5.56 Å². The third kappa shape index (κ3) is 2.91. The highest BCUT2D eigenvalue weighted by Gasteiger charge is 2.04. The summed E-state index contributed by atoms with van der Waals surface area (Å²) in [5, 5.41) is 12.1. The summed E-state index contributed by atoms with van der Waals surface area (Å²) in [5.41, 5.74) is 3.34. The molecule has 2 heterocycles. The van der Waals surface area contributed by atoms with E-state index < -0.39 is 0 Å². The van der Waals surface area contributed by atoms with Gasteiger partial charge in [0.05, 0.1) is 17.6 Å². The van der Waals surface area contributed by atoms with Gasteiger partial charge in [0.1, 0.15) is 0 Å². The van der Waals surface area contributed by atoms with E-state index in [4.69, 9.17) is 0 Å². The standard InChI is InChI=1S/C13H21N5/c1-4-6-18-9-12(8-15-18)7-14-13-10-17(5-2)16-11(13)3/h8-10,14H,4-7H2,1-3H3. The molecule has 5 heteroatoms. The molecule has 0 aliphatic rings. The maximum Gasteiger partial charge on any atom is 0.0825 e. The summed E-state index contributed by atoms with van der Waals surface area (Å²) >= 11 is 0. The first-order valence-electron chi connectivity index (χ1n) is 6.52. The van der Waals surface area contributed by atoms with Crippen LogP contribution in [-0.4, -0.2) is 19.6 Å². The average Bonchev–Trinajstić information content (AvgIpc) is 2.94. The Morgan fingerprint density at radius 2 is 2.06 bits per heavy atom. The second-order valence-electron chi connectivity index (χ2n) is 4.45. The first kappa shape index (κ1) is 12.7. The van der Waals surface area contributed by atoms with Gasteiger partial charge in [-0.05, 0) is 20.3 Å². The maximum absolute atomic E-state index is 4.41. The zero-order chi connectivity index (χ0) is 13.0. The van der Waals surface area contributed by atoms with Gasteiger partial charge in [-0.2, -0.15) is 10.2 Å². The first-order chi connectivity index (χ1) is 8.72. The summed E-state index contributed by atoms with van der Waals surface area (Å²) in [5.74, 6) is 0. The van der Waals surface area contributed by atoms with Crippen LogP contribution in [0.1, 0.15) is 31.5 Å². The molecule has 18 heavy (non-hydrogen) atoms. The summed E-state index contributed by atoms with van der Waals surface area (Å²) in [6.45, 7) is 8.94. The summed E-state index contributed by atoms with van der Waals surface area (Å²) in [4.78, 5) is 0. The van der Waals surface area contributed by atoms with Gasteiger partial charge in [-0.1, -0.05) is 6.92 Å². The van der Waals surface area contributed by atoms with Crippen molar-refractivity contribution in [2.45, 2.75) is 46.8 Å². The van der Waals surface area contributed by atoms with Crippen molar-refractivity contribution in [3.63, 3.8) is 0 Å². The van der Waals surface area contributed by atoms with Gasteiger partial charge in [0.15, 0.2) is 0 Å². The number of hydrogen-bond donors (Lipinski definition) is 1. The molecular weight excluding hydrogens is 226 g/mol. The van der Waals surface area contributed by atoms with Crippen LogP contribution in [0, 0.1) is 6.92 Å². The smallest absolute Gasteiger partial charge is 0.0825 e. The summed E-state index contributed by atoms with van der Waals surface area (Å²) in [6, 6.07) is 0. The molecule has 0 aromatic carbocycles. The van der Waals surface area contributed by atoms with E-state index in [9.17, 15) is 0 Å². The van der Waals surface area contributed by atoms with Crippen molar-refractivity contribution in [2.24, 2.45) is 0 Å². The van der Waals surface area contributed by atoms with Gasteiger partial charge in [0, 0.05) is 37.6 Å². The lowest BCUT2D eigenvalue weighted by atomic mass is 10.3. The van der Waals surface area contributed by atoms with Gasteiger partial charge in [-0.15, -0.1) is 0 Å². The fraction of sp³-hybridized carbons (Fsp3) is 0.538. The Morgan fingerprint density at radius 3 is 2.72 bits per heavy atom. The van der Waals surface area contributed by atoms with Crippen molar-refractivity contribution in [3.05, 3.63) is 29.8 Å². The van der Waals surface area contributed by atoms with E-state index in [-0.39, 0.29) is 0 Å². The third-order valence-corrected chi connectivity index (χ3v) is 2.89. The van der Waals surface area contributed by atoms with Crippen LogP contribution >= 0.6 is 0 Å². The number of aryl methyl sites for hydroxylation is 3. The monoisotopic (exact) mass is 247 g/mol. The number of aromatic nitrogens is 4. The molecule has 0 bridgehead atoms. The molecule has 0 amide bonds. The molecule has 1 N–H and O–H groups in total. The molecule has 0 fully saturated rings. The number of hydrogen-bond acceptors (Lipinski definition) is 3. The molecule has 2 aromatic rings. The number of anilines is 1. The Hall–Kier alpha value is -1.78. The lowest BCUT2D eigenvalue weighted by molar-refractivity contribution is 0.602. The van der Waals surface area contributed by atoms with Crippen LogP contribution in [-0.2, 0) is 19.6 Å². The van der Waals surface area contributed by atoms with Gasteiger partial charge in [0.2, 0.25) is 0 Å². The van der Waals surface area contributed by atoms with Crippen LogP contribution < -0.4 is 5.32 Å². The van der Waals surface area contributed by atoms with Crippen LogP contribution in [0.5, 0.6) is 0 Å². The Labute approximate surface area is 108 Å². The van der Waals surface area contributed by atoms with E-state index in [2.05, 4.69) is 35.6 Å². The average molecular weight is 247 g/mol. The summed E-state index contributed by atoms with van der Waals surface area (Å²) in [6.07, 6.45) is 7.17. The highest BCUT2D eigenvalue weighted by Crippen LogP contribution is 2.13. The van der Waals surface area contributed by atoms with Gasteiger partial charge in [0.25, 0.3) is 0 Å². The minimum atomic E-state index is 0.792. The zero-order valence-corrected chi connectivity index (χ0v) is 11.3. The highest BCUT2D eigenvalue weighted by atomic mass is 15.3. The van der Waals surface area contributed by atoms with E-state index in [0.29, 0.717) is 0 Å². The third-order valence-electron chi connectivity index (χ3n) is 2.89. The van der Waals surface area contributed by atoms with Crippen LogP contribution in [0.4, 0.5) is 5.69 Å². The highest BCUT2D eigenvalue weighted by molar-refractivity contribution is 5.45. The normalized spacial score (nSPS) is 10.8. The van der Waals surface area contributed by atoms with Crippen LogP contribution in [0.3, 0.4) is 0 Å². The second-order valence-corrected chi connectivity index (χ2v) is 4.45. The Kier molecular flexibility index (Phi) is 4.02. The molecule has 0 saturated heterocycles. The van der Waals surface area contributed by atoms with Crippen molar-refractivity contribution in [3.8, 4) is 0 Å². The van der Waals surface area contributed by atoms with Crippen molar-refractivity contribution in [1.29, 1.82) is 0 Å². The van der Waals surface area contributed by atoms with E-state index >= 15 is 0 Å². The van der Waals surface area contributed by atoms with Crippen LogP contribution in [0.15, 0.2) is 18.6 Å². The SMILES string of the molecule is CCCn1cc(CNc2cn(CC)nc2C)cn1. The van der Waals surface area contributed by atoms with E-state index in [1.54, 1.807) is 0 Å². The summed E-state index contributed by atoms with van der Waals surface area (Å²) < 4.78 is 3.93. The molecule has 0 saturated carbocycles. The Bertz CT molecular complexity index is 497. The zero-order valence-electron chi connectivity index (χ0n) is 11.3. The lowest BCUT2D eigenvalue weighted by Crippen LogP contribution is -1.99. The minimum absolute atomic E-state index is 0.792. The molecule has 0 spiro atoms. The second kappa shape index (κ2) is 5.71. The molecule has 2 aromatic heterocycles. The van der Waals surface area contributed by atoms with Crippen molar-refractivity contribution < 1.29 is 0 Å². The minimum Gasteiger partial charge on any atom is -0.378 e. The number of nitrogens with one attached hydrogen (secondary N) is 1. The maximum atomic E-state index is 4.41. The Morgan fingerprint density at radius 1 is 1.22 bits per heavy atom. The molecule has 2 rings (SSSR count). The van der Waals surface area contributed by atoms with Crippen molar-refractivity contribution >= 4 is 5.69 Å². The van der Waals surface area contributed by atoms with Crippen LogP contribution in [0.25, 0.3) is 0 Å². The quantitative estimate of drug-likeness (QED) is 0.853. The van der Waals surface area contributed by atoms with Crippen molar-refractivity contribution in [2.75, 3.05) is 5.32 Å². The Balaban J connectivity index is 1.95. The molecule has 5 nitrogen and oxygen atoms in total. The van der Waals surface area contributed by atoms with Crippen LogP contribution in [0.2, 0.25) is 0 Å². The van der Waals surface area contributed by atoms with Gasteiger partial charge in [-0.3, -0.25) is 9.36 Å². The van der Waals surface area contributed by atoms with E-state index in [1.807, 2.05) is 28.7 Å². The molecular formula is C13H21N5. The van der Waals surface area contributed by atoms with Crippen molar-refractivity contribution in [1.82, 2.24) is 19.6 Å². The van der Waals surface area contributed by atoms with Gasteiger partial charge in [-0.25, -0.2) is 0 Å². The molecule has 0 aliphatic heterocycles. The summed E-state index contributed by atoms with van der Waals surface area (Å²) in [7, 11) is 0. The molecule has 0 radical (unpaired) electrons. The fourth-order valence-corrected chi connectivity index (χ4v) is 1.90. The topological polar surface area (TPSA) is 47.7 Å². The molecule has 0 unspecified atom stereocenters. The molecule has 0 atom stereocenters. The van der Waals surface area contributed by atoms with E-state index in [0.717, 1.165) is 37.4 Å². The largest absolute Gasteiger partial charge is 0.378 e. The predicted molar refractivity (Wildman–Crippen MR) is 72.5 cm³/mol. The van der Waals surface area contributed by atoms with Gasteiger partial charge >= 0.3 is 0 Å². The lowest BCUT2D eigenvalue weighted by Gasteiger charge is -2.01. The predicted octanol–water partition coefficient (Wildman–Crippen LogP) is 2.43. The number of rotatable bonds is 6.